The number of carbonyl (C=O) groups is 2. The highest BCUT2D eigenvalue weighted by atomic mass is 19.3. The Morgan fingerprint density at radius 2 is 1.74 bits per heavy atom. The summed E-state index contributed by atoms with van der Waals surface area (Å²) in [7, 11) is 2.39. The summed E-state index contributed by atoms with van der Waals surface area (Å²) in [6.45, 7) is 0. The molecule has 0 amide bonds. The Labute approximate surface area is 109 Å². The summed E-state index contributed by atoms with van der Waals surface area (Å²) in [6.07, 6.45) is 0.520. The first kappa shape index (κ1) is 14.0. The van der Waals surface area contributed by atoms with Gasteiger partial charge in [0.15, 0.2) is 5.41 Å². The molecule has 0 bridgehead atoms. The number of esters is 2. The molecule has 0 aliphatic heterocycles. The smallest absolute Gasteiger partial charge is 0.323 e. The predicted molar refractivity (Wildman–Crippen MR) is 61.1 cm³/mol. The van der Waals surface area contributed by atoms with Gasteiger partial charge in [-0.3, -0.25) is 9.59 Å². The zero-order chi connectivity index (χ0) is 14.2. The second-order valence-corrected chi connectivity index (χ2v) is 5.13. The molecule has 2 rings (SSSR count). The van der Waals surface area contributed by atoms with Crippen LogP contribution in [0.15, 0.2) is 12.2 Å². The Hall–Kier alpha value is -1.46. The fraction of sp³-hybridized carbons (Fsp3) is 0.692. The highest BCUT2D eigenvalue weighted by Crippen LogP contribution is 2.61. The molecule has 0 spiro atoms. The van der Waals surface area contributed by atoms with E-state index in [-0.39, 0.29) is 18.3 Å². The van der Waals surface area contributed by atoms with Crippen LogP contribution in [0, 0.1) is 23.2 Å². The van der Waals surface area contributed by atoms with Crippen LogP contribution in [-0.2, 0) is 19.1 Å². The van der Waals surface area contributed by atoms with Gasteiger partial charge in [-0.05, 0) is 43.1 Å². The molecule has 0 aromatic rings. The van der Waals surface area contributed by atoms with Gasteiger partial charge >= 0.3 is 11.9 Å². The lowest BCUT2D eigenvalue weighted by molar-refractivity contribution is -0.175. The fourth-order valence-electron chi connectivity index (χ4n) is 3.59. The van der Waals surface area contributed by atoms with Crippen molar-refractivity contribution in [3.63, 3.8) is 0 Å². The van der Waals surface area contributed by atoms with E-state index in [1.807, 2.05) is 0 Å². The summed E-state index contributed by atoms with van der Waals surface area (Å²) >= 11 is 0. The van der Waals surface area contributed by atoms with Gasteiger partial charge in [0.05, 0.1) is 14.2 Å². The Bertz CT molecular complexity index is 412. The van der Waals surface area contributed by atoms with E-state index in [2.05, 4.69) is 0 Å². The van der Waals surface area contributed by atoms with Crippen LogP contribution in [-0.4, -0.2) is 26.2 Å². The van der Waals surface area contributed by atoms with E-state index in [4.69, 9.17) is 9.47 Å². The maximum atomic E-state index is 12.5. The normalized spacial score (nSPS) is 30.8. The van der Waals surface area contributed by atoms with Crippen LogP contribution in [0.1, 0.15) is 19.3 Å². The van der Waals surface area contributed by atoms with Crippen molar-refractivity contribution in [2.24, 2.45) is 23.2 Å². The van der Waals surface area contributed by atoms with E-state index < -0.39 is 29.4 Å². The second-order valence-electron chi connectivity index (χ2n) is 5.13. The Balaban J connectivity index is 2.37. The minimum Gasteiger partial charge on any atom is -0.468 e. The number of fused-ring (bicyclic) bond motifs is 1. The van der Waals surface area contributed by atoms with Crippen molar-refractivity contribution in [1.82, 2.24) is 0 Å². The Morgan fingerprint density at radius 1 is 1.16 bits per heavy atom. The molecule has 0 N–H and O–H groups in total. The zero-order valence-electron chi connectivity index (χ0n) is 10.8. The van der Waals surface area contributed by atoms with Crippen LogP contribution >= 0.6 is 0 Å². The number of ether oxygens (including phenoxy) is 2. The van der Waals surface area contributed by atoms with Crippen LogP contribution in [0.5, 0.6) is 0 Å². The highest BCUT2D eigenvalue weighted by Gasteiger charge is 2.66. The maximum absolute atomic E-state index is 12.5. The molecule has 0 unspecified atom stereocenters. The molecule has 4 nitrogen and oxygen atoms in total. The van der Waals surface area contributed by atoms with Gasteiger partial charge in [-0.25, -0.2) is 0 Å². The third kappa shape index (κ3) is 1.93. The number of methoxy groups -OCH3 is 2. The van der Waals surface area contributed by atoms with Crippen molar-refractivity contribution in [3.05, 3.63) is 12.2 Å². The van der Waals surface area contributed by atoms with Crippen molar-refractivity contribution in [2.45, 2.75) is 19.3 Å². The average molecular weight is 274 g/mol. The predicted octanol–water partition coefficient (Wildman–Crippen LogP) is 2.15. The summed E-state index contributed by atoms with van der Waals surface area (Å²) < 4.78 is 34.4. The van der Waals surface area contributed by atoms with Gasteiger partial charge in [0.1, 0.15) is 0 Å². The molecule has 0 aromatic heterocycles. The first-order valence-electron chi connectivity index (χ1n) is 6.17. The van der Waals surface area contributed by atoms with Gasteiger partial charge in [0, 0.05) is 0 Å². The summed E-state index contributed by atoms with van der Waals surface area (Å²) in [5.41, 5.74) is -1.41. The molecule has 19 heavy (non-hydrogen) atoms. The summed E-state index contributed by atoms with van der Waals surface area (Å²) in [5.74, 6) is -2.15. The fourth-order valence-corrected chi connectivity index (χ4v) is 3.59. The number of hydrogen-bond acceptors (Lipinski definition) is 4. The van der Waals surface area contributed by atoms with E-state index >= 15 is 0 Å². The first-order valence-corrected chi connectivity index (χ1v) is 6.17. The molecule has 3 atom stereocenters. The number of allylic oxidation sites excluding steroid dienone is 1. The average Bonchev–Trinajstić information content (AvgIpc) is 2.54. The van der Waals surface area contributed by atoms with Crippen molar-refractivity contribution >= 4 is 11.9 Å². The van der Waals surface area contributed by atoms with Crippen molar-refractivity contribution < 1.29 is 27.8 Å². The third-order valence-electron chi connectivity index (χ3n) is 4.51. The van der Waals surface area contributed by atoms with Gasteiger partial charge in [0.25, 0.3) is 6.08 Å². The van der Waals surface area contributed by atoms with Gasteiger partial charge in [0.2, 0.25) is 0 Å². The maximum Gasteiger partial charge on any atom is 0.323 e. The van der Waals surface area contributed by atoms with E-state index in [1.54, 1.807) is 0 Å². The molecule has 2 aliphatic rings. The van der Waals surface area contributed by atoms with Gasteiger partial charge in [-0.2, -0.15) is 8.78 Å². The monoisotopic (exact) mass is 274 g/mol. The largest absolute Gasteiger partial charge is 0.468 e. The van der Waals surface area contributed by atoms with E-state index in [1.165, 1.54) is 14.2 Å². The first-order chi connectivity index (χ1) is 8.97. The van der Waals surface area contributed by atoms with Crippen LogP contribution in [0.2, 0.25) is 0 Å². The zero-order valence-corrected chi connectivity index (χ0v) is 10.8. The molecule has 2 saturated carbocycles. The number of hydrogen-bond donors (Lipinski definition) is 0. The van der Waals surface area contributed by atoms with E-state index in [0.29, 0.717) is 6.42 Å². The SMILES string of the molecule is COC(=O)C1(C(=O)OC)C[C@H](C=C(F)F)[C@@H]2CC[C@@H]21. The molecule has 2 aliphatic carbocycles. The van der Waals surface area contributed by atoms with Gasteiger partial charge in [-0.1, -0.05) is 0 Å². The third-order valence-corrected chi connectivity index (χ3v) is 4.51. The molecule has 0 heterocycles. The van der Waals surface area contributed by atoms with Crippen molar-refractivity contribution in [1.29, 1.82) is 0 Å². The lowest BCUT2D eigenvalue weighted by Crippen LogP contribution is -2.48. The molecule has 0 saturated heterocycles. The molecule has 106 valence electrons. The van der Waals surface area contributed by atoms with E-state index in [0.717, 1.165) is 12.5 Å². The van der Waals surface area contributed by atoms with Gasteiger partial charge < -0.3 is 9.47 Å². The van der Waals surface area contributed by atoms with Crippen LogP contribution in [0.4, 0.5) is 8.78 Å². The lowest BCUT2D eigenvalue weighted by Gasteiger charge is -2.39. The summed E-state index contributed by atoms with van der Waals surface area (Å²) in [6, 6.07) is 0. The number of carbonyl (C=O) groups excluding carboxylic acids is 2. The van der Waals surface area contributed by atoms with Gasteiger partial charge in [-0.15, -0.1) is 0 Å². The summed E-state index contributed by atoms with van der Waals surface area (Å²) in [4.78, 5) is 24.1. The highest BCUT2D eigenvalue weighted by molar-refractivity contribution is 6.01. The summed E-state index contributed by atoms with van der Waals surface area (Å²) in [5, 5.41) is 0. The van der Waals surface area contributed by atoms with Crippen molar-refractivity contribution in [3.8, 4) is 0 Å². The second kappa shape index (κ2) is 4.90. The topological polar surface area (TPSA) is 52.6 Å². The minimum absolute atomic E-state index is 0.0407. The van der Waals surface area contributed by atoms with Crippen LogP contribution < -0.4 is 0 Å². The number of halogens is 2. The Kier molecular flexibility index (Phi) is 3.60. The molecule has 2 fully saturated rings. The van der Waals surface area contributed by atoms with Crippen molar-refractivity contribution in [2.75, 3.05) is 14.2 Å². The molecular formula is C13H16F2O4. The minimum atomic E-state index is -1.78. The molecule has 6 heteroatoms. The molecule has 0 radical (unpaired) electrons. The standard InChI is InChI=1S/C13H16F2O4/c1-18-11(16)13(12(17)19-2)6-7(5-10(14)15)8-3-4-9(8)13/h5,7-9H,3-4,6H2,1-2H3/t7-,8-,9-/m0/s1. The molecular weight excluding hydrogens is 258 g/mol. The quantitative estimate of drug-likeness (QED) is 0.584. The Morgan fingerprint density at radius 3 is 2.11 bits per heavy atom. The lowest BCUT2D eigenvalue weighted by atomic mass is 9.64. The molecule has 0 aromatic carbocycles. The van der Waals surface area contributed by atoms with E-state index in [9.17, 15) is 18.4 Å². The number of rotatable bonds is 3. The van der Waals surface area contributed by atoms with Crippen LogP contribution in [0.3, 0.4) is 0 Å². The van der Waals surface area contributed by atoms with Crippen LogP contribution in [0.25, 0.3) is 0 Å².